The van der Waals surface area contributed by atoms with Crippen LogP contribution in [-0.4, -0.2) is 52.5 Å². The van der Waals surface area contributed by atoms with Crippen molar-refractivity contribution >= 4 is 0 Å². The van der Waals surface area contributed by atoms with Crippen molar-refractivity contribution in [2.45, 2.75) is 30.6 Å². The van der Waals surface area contributed by atoms with Crippen molar-refractivity contribution in [2.24, 2.45) is 11.6 Å². The van der Waals surface area contributed by atoms with Gasteiger partial charge in [0.05, 0.1) is 12.6 Å². The Balaban J connectivity index is 2.66. The van der Waals surface area contributed by atoms with Crippen molar-refractivity contribution in [3.63, 3.8) is 0 Å². The van der Waals surface area contributed by atoms with Crippen LogP contribution in [0.25, 0.3) is 0 Å². The molecule has 0 aromatic carbocycles. The van der Waals surface area contributed by atoms with Crippen LogP contribution in [0.5, 0.6) is 0 Å². The van der Waals surface area contributed by atoms with Crippen molar-refractivity contribution in [2.75, 3.05) is 6.61 Å². The Hall–Kier alpha value is -0.280. The lowest BCUT2D eigenvalue weighted by atomic mass is 9.97. The van der Waals surface area contributed by atoms with Gasteiger partial charge in [-0.15, -0.1) is 0 Å². The minimum Gasteiger partial charge on any atom is -0.394 e. The average Bonchev–Trinajstić information content (AvgIpc) is 2.15. The number of nitrogens with two attached hydrogens (primary N) is 2. The molecule has 78 valence electrons. The molecule has 0 unspecified atom stereocenters. The number of aliphatic hydroxyl groups excluding tert-OH is 3. The summed E-state index contributed by atoms with van der Waals surface area (Å²) >= 11 is 0. The fraction of sp³-hybridized carbons (Fsp3) is 1.00. The van der Waals surface area contributed by atoms with Gasteiger partial charge in [0.2, 0.25) is 0 Å². The molecule has 7 heteroatoms. The van der Waals surface area contributed by atoms with Gasteiger partial charge in [0.15, 0.2) is 0 Å². The van der Waals surface area contributed by atoms with E-state index < -0.39 is 37.2 Å². The van der Waals surface area contributed by atoms with Crippen LogP contribution in [0.2, 0.25) is 0 Å². The lowest BCUT2D eigenvalue weighted by molar-refractivity contribution is -0.196. The van der Waals surface area contributed by atoms with Gasteiger partial charge in [-0.1, -0.05) is 0 Å². The Morgan fingerprint density at radius 3 is 2.38 bits per heavy atom. The zero-order valence-corrected chi connectivity index (χ0v) is 7.00. The summed E-state index contributed by atoms with van der Waals surface area (Å²) in [6, 6.07) is -0.817. The maximum Gasteiger partial charge on any atom is 0.138 e. The highest BCUT2D eigenvalue weighted by atomic mass is 16.5. The molecule has 0 amide bonds. The molecule has 0 spiro atoms. The van der Waals surface area contributed by atoms with Gasteiger partial charge in [-0.25, -0.2) is 5.43 Å². The van der Waals surface area contributed by atoms with Gasteiger partial charge in [0, 0.05) is 0 Å². The summed E-state index contributed by atoms with van der Waals surface area (Å²) in [6.45, 7) is -0.400. The Labute approximate surface area is 75.3 Å². The first-order valence-electron chi connectivity index (χ1n) is 3.96. The summed E-state index contributed by atoms with van der Waals surface area (Å²) in [5, 5.41) is 27.5. The molecule has 1 rings (SSSR count). The predicted octanol–water partition coefficient (Wildman–Crippen LogP) is -3.78. The minimum absolute atomic E-state index is 0.400. The maximum absolute atomic E-state index is 9.39. The smallest absolute Gasteiger partial charge is 0.138 e. The van der Waals surface area contributed by atoms with Gasteiger partial charge in [0.1, 0.15) is 24.5 Å². The van der Waals surface area contributed by atoms with Crippen molar-refractivity contribution in [1.29, 1.82) is 0 Å². The summed E-state index contributed by atoms with van der Waals surface area (Å²) in [6.07, 6.45) is -3.98. The molecule has 1 aliphatic rings. The molecule has 0 aromatic heterocycles. The number of hydrogen-bond acceptors (Lipinski definition) is 7. The Morgan fingerprint density at radius 1 is 1.31 bits per heavy atom. The molecule has 5 atom stereocenters. The normalized spacial score (nSPS) is 46.4. The lowest BCUT2D eigenvalue weighted by Crippen LogP contribution is -2.66. The highest BCUT2D eigenvalue weighted by molar-refractivity contribution is 4.92. The number of hydrazine groups is 1. The highest BCUT2D eigenvalue weighted by Crippen LogP contribution is 2.17. The second-order valence-electron chi connectivity index (χ2n) is 3.00. The minimum atomic E-state index is -1.19. The van der Waals surface area contributed by atoms with Gasteiger partial charge >= 0.3 is 0 Å². The van der Waals surface area contributed by atoms with Crippen LogP contribution in [0.15, 0.2) is 0 Å². The van der Waals surface area contributed by atoms with E-state index in [4.69, 9.17) is 21.4 Å². The fourth-order valence-electron chi connectivity index (χ4n) is 1.29. The Morgan fingerprint density at radius 2 is 1.92 bits per heavy atom. The lowest BCUT2D eigenvalue weighted by Gasteiger charge is -2.40. The number of hydrogen-bond donors (Lipinski definition) is 6. The van der Waals surface area contributed by atoms with Crippen molar-refractivity contribution in [3.05, 3.63) is 0 Å². The summed E-state index contributed by atoms with van der Waals surface area (Å²) in [5.41, 5.74) is 7.72. The monoisotopic (exact) mass is 193 g/mol. The number of rotatable bonds is 2. The number of nitrogens with one attached hydrogen (secondary N) is 1. The molecule has 0 aromatic rings. The van der Waals surface area contributed by atoms with E-state index in [1.54, 1.807) is 0 Å². The molecule has 0 radical (unpaired) electrons. The molecule has 8 N–H and O–H groups in total. The second kappa shape index (κ2) is 4.29. The van der Waals surface area contributed by atoms with E-state index in [-0.39, 0.29) is 0 Å². The zero-order valence-electron chi connectivity index (χ0n) is 7.00. The van der Waals surface area contributed by atoms with Gasteiger partial charge in [-0.2, -0.15) is 0 Å². The molecule has 1 aliphatic heterocycles. The van der Waals surface area contributed by atoms with Gasteiger partial charge in [-0.3, -0.25) is 5.84 Å². The number of ether oxygens (including phenoxy) is 1. The first kappa shape index (κ1) is 10.8. The van der Waals surface area contributed by atoms with Crippen LogP contribution in [0.3, 0.4) is 0 Å². The largest absolute Gasteiger partial charge is 0.394 e. The molecule has 7 nitrogen and oxygen atoms in total. The standard InChI is InChI=1S/C6H15N3O4/c7-3-5(12)4(11)2(1-10)13-6(3)9-8/h2-6,9-12H,1,7-8H2/t2-,3-,4-,5-,6-/m1/s1. The van der Waals surface area contributed by atoms with Crippen LogP contribution in [-0.2, 0) is 4.74 Å². The van der Waals surface area contributed by atoms with E-state index in [0.29, 0.717) is 0 Å². The maximum atomic E-state index is 9.39. The van der Waals surface area contributed by atoms with Crippen LogP contribution < -0.4 is 17.0 Å². The highest BCUT2D eigenvalue weighted by Gasteiger charge is 2.41. The van der Waals surface area contributed by atoms with Crippen molar-refractivity contribution < 1.29 is 20.1 Å². The SMILES string of the molecule is NN[C@@H]1O[C@H](CO)[C@@H](O)[C@H](O)[C@H]1N. The quantitative estimate of drug-likeness (QED) is 0.196. The molecule has 1 saturated heterocycles. The third-order valence-electron chi connectivity index (χ3n) is 2.14. The summed E-state index contributed by atoms with van der Waals surface area (Å²) in [4.78, 5) is 0. The van der Waals surface area contributed by atoms with E-state index >= 15 is 0 Å². The van der Waals surface area contributed by atoms with Crippen LogP contribution in [0.4, 0.5) is 0 Å². The van der Waals surface area contributed by atoms with Gasteiger partial charge in [0.25, 0.3) is 0 Å². The third-order valence-corrected chi connectivity index (χ3v) is 2.14. The first-order valence-corrected chi connectivity index (χ1v) is 3.96. The third kappa shape index (κ3) is 1.97. The first-order chi connectivity index (χ1) is 6.11. The molecule has 0 aliphatic carbocycles. The molecular formula is C6H15N3O4. The second-order valence-corrected chi connectivity index (χ2v) is 3.00. The van der Waals surface area contributed by atoms with E-state index in [9.17, 15) is 10.2 Å². The van der Waals surface area contributed by atoms with E-state index in [0.717, 1.165) is 0 Å². The van der Waals surface area contributed by atoms with Crippen molar-refractivity contribution in [3.8, 4) is 0 Å². The zero-order chi connectivity index (χ0) is 10.0. The van der Waals surface area contributed by atoms with Gasteiger partial charge < -0.3 is 25.8 Å². The molecule has 13 heavy (non-hydrogen) atoms. The van der Waals surface area contributed by atoms with E-state index in [1.807, 2.05) is 0 Å². The van der Waals surface area contributed by atoms with Crippen molar-refractivity contribution in [1.82, 2.24) is 5.43 Å². The Kier molecular flexibility index (Phi) is 3.56. The summed E-state index contributed by atoms with van der Waals surface area (Å²) < 4.78 is 5.06. The average molecular weight is 193 g/mol. The van der Waals surface area contributed by atoms with E-state index in [2.05, 4.69) is 5.43 Å². The van der Waals surface area contributed by atoms with Crippen LogP contribution in [0, 0.1) is 0 Å². The molecule has 0 saturated carbocycles. The summed E-state index contributed by atoms with van der Waals surface area (Å²) in [5.74, 6) is 5.09. The van der Waals surface area contributed by atoms with Crippen LogP contribution in [0.1, 0.15) is 0 Å². The molecular weight excluding hydrogens is 178 g/mol. The molecule has 0 bridgehead atoms. The predicted molar refractivity (Wildman–Crippen MR) is 43.1 cm³/mol. The topological polar surface area (TPSA) is 134 Å². The molecule has 1 heterocycles. The number of aliphatic hydroxyl groups is 3. The summed E-state index contributed by atoms with van der Waals surface area (Å²) in [7, 11) is 0. The Bertz CT molecular complexity index is 150. The van der Waals surface area contributed by atoms with E-state index in [1.165, 1.54) is 0 Å². The van der Waals surface area contributed by atoms with Crippen LogP contribution >= 0.6 is 0 Å². The molecule has 1 fully saturated rings. The fourth-order valence-corrected chi connectivity index (χ4v) is 1.29. The van der Waals surface area contributed by atoms with Gasteiger partial charge in [-0.05, 0) is 0 Å².